The van der Waals surface area contributed by atoms with E-state index in [1.807, 2.05) is 31.2 Å². The van der Waals surface area contributed by atoms with Crippen LogP contribution in [0.25, 0.3) is 11.5 Å². The van der Waals surface area contributed by atoms with Gasteiger partial charge in [-0.3, -0.25) is 4.79 Å². The molecule has 0 atom stereocenters. The van der Waals surface area contributed by atoms with E-state index >= 15 is 0 Å². The number of anilines is 1. The third kappa shape index (κ3) is 4.18. The van der Waals surface area contributed by atoms with Crippen LogP contribution in [-0.2, 0) is 6.54 Å². The van der Waals surface area contributed by atoms with Gasteiger partial charge in [-0.1, -0.05) is 40.2 Å². The number of aryl methyl sites for hydroxylation is 2. The van der Waals surface area contributed by atoms with Crippen LogP contribution in [0.1, 0.15) is 27.4 Å². The van der Waals surface area contributed by atoms with Gasteiger partial charge in [-0.25, -0.2) is 9.07 Å². The van der Waals surface area contributed by atoms with E-state index in [1.165, 1.54) is 23.8 Å². The molecule has 0 aliphatic rings. The Hall–Kier alpha value is -3.88. The van der Waals surface area contributed by atoms with Gasteiger partial charge in [0, 0.05) is 5.69 Å². The van der Waals surface area contributed by atoms with Crippen LogP contribution in [0.4, 0.5) is 10.1 Å². The lowest BCUT2D eigenvalue weighted by Gasteiger charge is -2.03. The van der Waals surface area contributed by atoms with Gasteiger partial charge in [-0.2, -0.15) is 4.98 Å². The minimum atomic E-state index is -0.596. The molecule has 2 heterocycles. The molecule has 0 aliphatic heterocycles. The molecule has 0 spiro atoms. The van der Waals surface area contributed by atoms with Crippen molar-refractivity contribution < 1.29 is 13.7 Å². The lowest BCUT2D eigenvalue weighted by molar-refractivity contribution is 0.0981. The summed E-state index contributed by atoms with van der Waals surface area (Å²) >= 11 is 0. The monoisotopic (exact) mass is 392 g/mol. The quantitative estimate of drug-likeness (QED) is 0.559. The summed E-state index contributed by atoms with van der Waals surface area (Å²) in [7, 11) is 0. The number of halogens is 1. The molecule has 146 valence electrons. The summed E-state index contributed by atoms with van der Waals surface area (Å²) in [6.07, 6.45) is 1.68. The molecule has 1 N–H and O–H groups in total. The van der Waals surface area contributed by atoms with Gasteiger partial charge in [-0.15, -0.1) is 5.10 Å². The molecule has 29 heavy (non-hydrogen) atoms. The first-order valence-corrected chi connectivity index (χ1v) is 8.85. The van der Waals surface area contributed by atoms with Crippen LogP contribution < -0.4 is 5.32 Å². The number of nitrogens with one attached hydrogen (secondary N) is 1. The van der Waals surface area contributed by atoms with E-state index in [4.69, 9.17) is 4.52 Å². The van der Waals surface area contributed by atoms with E-state index in [0.717, 1.165) is 5.56 Å². The Morgan fingerprint density at radius 2 is 1.97 bits per heavy atom. The Bertz CT molecular complexity index is 1170. The summed E-state index contributed by atoms with van der Waals surface area (Å²) in [6.45, 7) is 4.18. The van der Waals surface area contributed by atoms with Crippen LogP contribution in [0.5, 0.6) is 0 Å². The number of benzene rings is 2. The highest BCUT2D eigenvalue weighted by Gasteiger charge is 2.18. The molecule has 9 heteroatoms. The summed E-state index contributed by atoms with van der Waals surface area (Å²) < 4.78 is 20.0. The number of carbonyl (C=O) groups excluding carboxylic acids is 1. The van der Waals surface area contributed by atoms with Gasteiger partial charge in [0.1, 0.15) is 5.82 Å². The van der Waals surface area contributed by atoms with E-state index in [1.54, 1.807) is 17.8 Å². The first-order valence-electron chi connectivity index (χ1n) is 8.85. The van der Waals surface area contributed by atoms with E-state index in [2.05, 4.69) is 25.8 Å². The lowest BCUT2D eigenvalue weighted by atomic mass is 10.1. The molecule has 0 fully saturated rings. The van der Waals surface area contributed by atoms with Gasteiger partial charge in [-0.05, 0) is 43.2 Å². The number of nitrogens with zero attached hydrogens (tertiary/aromatic N) is 5. The standard InChI is InChI=1S/C20H17FN6O2/c1-12-3-5-14(6-4-12)10-27-11-17(24-26-27)18-23-20(29-25-18)19(28)22-15-7-8-16(21)13(2)9-15/h3-9,11H,10H2,1-2H3,(H,22,28). The van der Waals surface area contributed by atoms with Crippen LogP contribution in [0.2, 0.25) is 0 Å². The average Bonchev–Trinajstić information content (AvgIpc) is 3.36. The van der Waals surface area contributed by atoms with Gasteiger partial charge < -0.3 is 9.84 Å². The van der Waals surface area contributed by atoms with Crippen molar-refractivity contribution in [3.63, 3.8) is 0 Å². The average molecular weight is 392 g/mol. The minimum Gasteiger partial charge on any atom is -0.328 e. The molecular weight excluding hydrogens is 375 g/mol. The second-order valence-electron chi connectivity index (χ2n) is 6.63. The summed E-state index contributed by atoms with van der Waals surface area (Å²) in [4.78, 5) is 16.4. The largest absolute Gasteiger partial charge is 0.328 e. The Morgan fingerprint density at radius 3 is 2.72 bits per heavy atom. The zero-order valence-electron chi connectivity index (χ0n) is 15.8. The summed E-state index contributed by atoms with van der Waals surface area (Å²) in [5.74, 6) is -1.02. The highest BCUT2D eigenvalue weighted by Crippen LogP contribution is 2.16. The second kappa shape index (κ2) is 7.63. The zero-order chi connectivity index (χ0) is 20.4. The zero-order valence-corrected chi connectivity index (χ0v) is 15.8. The molecule has 0 radical (unpaired) electrons. The molecular formula is C20H17FN6O2. The fraction of sp³-hybridized carbons (Fsp3) is 0.150. The van der Waals surface area contributed by atoms with Gasteiger partial charge in [0.25, 0.3) is 0 Å². The van der Waals surface area contributed by atoms with E-state index in [9.17, 15) is 9.18 Å². The third-order valence-electron chi connectivity index (χ3n) is 4.27. The van der Waals surface area contributed by atoms with Gasteiger partial charge in [0.2, 0.25) is 5.82 Å². The van der Waals surface area contributed by atoms with Crippen molar-refractivity contribution in [2.45, 2.75) is 20.4 Å². The molecule has 0 saturated heterocycles. The topological polar surface area (TPSA) is 98.7 Å². The van der Waals surface area contributed by atoms with Crippen molar-refractivity contribution in [2.75, 3.05) is 5.32 Å². The highest BCUT2D eigenvalue weighted by atomic mass is 19.1. The third-order valence-corrected chi connectivity index (χ3v) is 4.27. The second-order valence-corrected chi connectivity index (χ2v) is 6.63. The maximum absolute atomic E-state index is 13.3. The number of aromatic nitrogens is 5. The van der Waals surface area contributed by atoms with Crippen molar-refractivity contribution in [2.24, 2.45) is 0 Å². The van der Waals surface area contributed by atoms with Crippen molar-refractivity contribution in [3.05, 3.63) is 77.1 Å². The summed E-state index contributed by atoms with van der Waals surface area (Å²) in [5.41, 5.74) is 3.49. The van der Waals surface area contributed by atoms with Crippen molar-refractivity contribution in [1.82, 2.24) is 25.1 Å². The predicted octanol–water partition coefficient (Wildman–Crippen LogP) is 3.38. The smallest absolute Gasteiger partial charge is 0.316 e. The molecule has 8 nitrogen and oxygen atoms in total. The van der Waals surface area contributed by atoms with Crippen LogP contribution in [0, 0.1) is 19.7 Å². The Labute approximate surface area is 165 Å². The summed E-state index contributed by atoms with van der Waals surface area (Å²) in [6, 6.07) is 12.3. The molecule has 4 rings (SSSR count). The first-order chi connectivity index (χ1) is 14.0. The molecule has 2 aromatic heterocycles. The van der Waals surface area contributed by atoms with Crippen molar-refractivity contribution in [1.29, 1.82) is 0 Å². The Balaban J connectivity index is 1.46. The predicted molar refractivity (Wildman–Crippen MR) is 103 cm³/mol. The molecule has 0 aliphatic carbocycles. The van der Waals surface area contributed by atoms with E-state index < -0.39 is 5.91 Å². The lowest BCUT2D eigenvalue weighted by Crippen LogP contribution is -2.12. The van der Waals surface area contributed by atoms with E-state index in [0.29, 0.717) is 23.5 Å². The SMILES string of the molecule is Cc1ccc(Cn2cc(-c3noc(C(=O)Nc4ccc(F)c(C)c4)n3)nn2)cc1. The molecule has 0 unspecified atom stereocenters. The maximum Gasteiger partial charge on any atom is 0.316 e. The fourth-order valence-corrected chi connectivity index (χ4v) is 2.69. The van der Waals surface area contributed by atoms with Crippen LogP contribution in [0.15, 0.2) is 53.2 Å². The molecule has 1 amide bonds. The van der Waals surface area contributed by atoms with Crippen LogP contribution in [0.3, 0.4) is 0 Å². The van der Waals surface area contributed by atoms with Crippen LogP contribution >= 0.6 is 0 Å². The Kier molecular flexibility index (Phi) is 4.86. The number of hydrogen-bond acceptors (Lipinski definition) is 6. The van der Waals surface area contributed by atoms with Crippen LogP contribution in [-0.4, -0.2) is 31.0 Å². The maximum atomic E-state index is 13.3. The number of rotatable bonds is 5. The molecule has 0 saturated carbocycles. The van der Waals surface area contributed by atoms with Crippen molar-refractivity contribution >= 4 is 11.6 Å². The molecule has 2 aromatic carbocycles. The van der Waals surface area contributed by atoms with Gasteiger partial charge >= 0.3 is 11.8 Å². The van der Waals surface area contributed by atoms with Gasteiger partial charge in [0.15, 0.2) is 5.69 Å². The van der Waals surface area contributed by atoms with E-state index in [-0.39, 0.29) is 17.5 Å². The Morgan fingerprint density at radius 1 is 1.17 bits per heavy atom. The first kappa shape index (κ1) is 18.5. The highest BCUT2D eigenvalue weighted by molar-refractivity contribution is 6.01. The minimum absolute atomic E-state index is 0.153. The number of amides is 1. The van der Waals surface area contributed by atoms with Crippen molar-refractivity contribution in [3.8, 4) is 11.5 Å². The number of carbonyl (C=O) groups is 1. The molecule has 4 aromatic rings. The number of hydrogen-bond donors (Lipinski definition) is 1. The van der Waals surface area contributed by atoms with Gasteiger partial charge in [0.05, 0.1) is 12.7 Å². The normalized spacial score (nSPS) is 10.9. The summed E-state index contributed by atoms with van der Waals surface area (Å²) in [5, 5.41) is 14.5. The fourth-order valence-electron chi connectivity index (χ4n) is 2.69. The molecule has 0 bridgehead atoms.